The maximum atomic E-state index is 11.5. The van der Waals surface area contributed by atoms with Crippen LogP contribution in [0, 0.1) is 0 Å². The minimum atomic E-state index is -0.1000. The highest BCUT2D eigenvalue weighted by Crippen LogP contribution is 2.19. The Labute approximate surface area is 139 Å². The summed E-state index contributed by atoms with van der Waals surface area (Å²) >= 11 is 1.38. The van der Waals surface area contributed by atoms with Gasteiger partial charge in [0.25, 0.3) is 5.91 Å². The number of aromatic nitrogens is 1. The van der Waals surface area contributed by atoms with Crippen LogP contribution in [0.2, 0.25) is 0 Å². The van der Waals surface area contributed by atoms with Gasteiger partial charge in [-0.2, -0.15) is 0 Å². The molecule has 0 radical (unpaired) electrons. The average Bonchev–Trinajstić information content (AvgIpc) is 3.09. The summed E-state index contributed by atoms with van der Waals surface area (Å²) in [6.45, 7) is 3.46. The van der Waals surface area contributed by atoms with Crippen LogP contribution in [0.1, 0.15) is 20.2 Å². The summed E-state index contributed by atoms with van der Waals surface area (Å²) in [5.41, 5.74) is 2.33. The Bertz CT molecular complexity index is 688. The van der Waals surface area contributed by atoms with Crippen LogP contribution in [0.3, 0.4) is 0 Å². The molecule has 2 heterocycles. The van der Waals surface area contributed by atoms with E-state index in [0.29, 0.717) is 4.88 Å². The lowest BCUT2D eigenvalue weighted by atomic mass is 10.2. The van der Waals surface area contributed by atoms with E-state index >= 15 is 0 Å². The fourth-order valence-corrected chi connectivity index (χ4v) is 3.15. The van der Waals surface area contributed by atoms with E-state index < -0.39 is 0 Å². The van der Waals surface area contributed by atoms with Crippen LogP contribution >= 0.6 is 11.3 Å². The van der Waals surface area contributed by atoms with Crippen molar-refractivity contribution in [2.24, 2.45) is 0 Å². The molecule has 1 fully saturated rings. The van der Waals surface area contributed by atoms with Gasteiger partial charge in [0.05, 0.1) is 19.4 Å². The summed E-state index contributed by atoms with van der Waals surface area (Å²) < 4.78 is 5.37. The molecule has 0 aliphatic carbocycles. The van der Waals surface area contributed by atoms with E-state index in [0.717, 1.165) is 36.9 Å². The number of rotatable bonds is 4. The number of benzene rings is 1. The number of morpholine rings is 1. The Morgan fingerprint density at radius 3 is 2.70 bits per heavy atom. The number of nitrogens with one attached hydrogen (secondary N) is 1. The van der Waals surface area contributed by atoms with Gasteiger partial charge < -0.3 is 15.0 Å². The first-order valence-corrected chi connectivity index (χ1v) is 8.36. The third-order valence-electron chi connectivity index (χ3n) is 3.66. The zero-order valence-corrected chi connectivity index (χ0v) is 13.8. The fourth-order valence-electron chi connectivity index (χ4n) is 2.38. The number of carbonyl (C=O) groups excluding carboxylic acids is 1. The van der Waals surface area contributed by atoms with Gasteiger partial charge in [0.15, 0.2) is 0 Å². The molecule has 2 aromatic rings. The first kappa shape index (κ1) is 15.7. The van der Waals surface area contributed by atoms with E-state index in [2.05, 4.69) is 39.5 Å². The number of anilines is 1. The first-order chi connectivity index (χ1) is 11.3. The predicted octanol–water partition coefficient (Wildman–Crippen LogP) is 2.51. The van der Waals surface area contributed by atoms with Gasteiger partial charge in [0, 0.05) is 25.8 Å². The monoisotopic (exact) mass is 329 g/mol. The summed E-state index contributed by atoms with van der Waals surface area (Å²) in [6.07, 6.45) is 5.54. The van der Waals surface area contributed by atoms with Crippen molar-refractivity contribution in [2.45, 2.75) is 0 Å². The first-order valence-electron chi connectivity index (χ1n) is 7.55. The Hall–Kier alpha value is -2.18. The highest BCUT2D eigenvalue weighted by molar-refractivity contribution is 7.14. The minimum Gasteiger partial charge on any atom is -0.378 e. The largest absolute Gasteiger partial charge is 0.378 e. The van der Waals surface area contributed by atoms with E-state index in [1.54, 1.807) is 13.2 Å². The number of carbonyl (C=O) groups is 1. The molecule has 0 atom stereocenters. The highest BCUT2D eigenvalue weighted by atomic mass is 32.1. The molecule has 1 amide bonds. The zero-order valence-electron chi connectivity index (χ0n) is 13.0. The highest BCUT2D eigenvalue weighted by Gasteiger charge is 2.10. The number of hydrogen-bond donors (Lipinski definition) is 1. The Kier molecular flexibility index (Phi) is 5.05. The minimum absolute atomic E-state index is 0.1000. The maximum absolute atomic E-state index is 11.5. The number of ether oxygens (including phenoxy) is 1. The van der Waals surface area contributed by atoms with Crippen molar-refractivity contribution in [1.29, 1.82) is 0 Å². The molecule has 6 heteroatoms. The second-order valence-electron chi connectivity index (χ2n) is 5.17. The van der Waals surface area contributed by atoms with Gasteiger partial charge in [-0.05, 0) is 23.8 Å². The third-order valence-corrected chi connectivity index (χ3v) is 4.62. The second kappa shape index (κ2) is 7.39. The van der Waals surface area contributed by atoms with Crippen molar-refractivity contribution in [1.82, 2.24) is 10.3 Å². The van der Waals surface area contributed by atoms with E-state index in [4.69, 9.17) is 4.74 Å². The topological polar surface area (TPSA) is 54.5 Å². The molecule has 0 saturated carbocycles. The van der Waals surface area contributed by atoms with Gasteiger partial charge in [-0.3, -0.25) is 4.79 Å². The molecule has 0 bridgehead atoms. The molecule has 1 N–H and O–H groups in total. The van der Waals surface area contributed by atoms with Crippen molar-refractivity contribution in [3.05, 3.63) is 45.9 Å². The number of thiazole rings is 1. The summed E-state index contributed by atoms with van der Waals surface area (Å²) in [5, 5.41) is 3.42. The Morgan fingerprint density at radius 1 is 1.26 bits per heavy atom. The third kappa shape index (κ3) is 3.97. The number of nitrogens with zero attached hydrogens (tertiary/aromatic N) is 2. The van der Waals surface area contributed by atoms with Gasteiger partial charge in [-0.15, -0.1) is 11.3 Å². The molecule has 0 unspecified atom stereocenters. The van der Waals surface area contributed by atoms with Crippen molar-refractivity contribution < 1.29 is 9.53 Å². The summed E-state index contributed by atoms with van der Waals surface area (Å²) in [7, 11) is 1.62. The van der Waals surface area contributed by atoms with E-state index in [-0.39, 0.29) is 5.91 Å². The quantitative estimate of drug-likeness (QED) is 0.936. The van der Waals surface area contributed by atoms with Crippen LogP contribution in [0.25, 0.3) is 12.2 Å². The smallest absolute Gasteiger partial charge is 0.262 e. The van der Waals surface area contributed by atoms with Gasteiger partial charge >= 0.3 is 0 Å². The molecule has 1 aliphatic heterocycles. The molecule has 0 spiro atoms. The van der Waals surface area contributed by atoms with Gasteiger partial charge in [-0.25, -0.2) is 4.98 Å². The zero-order chi connectivity index (χ0) is 16.1. The normalized spacial score (nSPS) is 15.1. The molecular formula is C17H19N3O2S. The predicted molar refractivity (Wildman–Crippen MR) is 93.9 cm³/mol. The molecule has 1 aromatic carbocycles. The molecule has 1 saturated heterocycles. The molecule has 5 nitrogen and oxygen atoms in total. The Morgan fingerprint density at radius 2 is 2.00 bits per heavy atom. The number of amides is 1. The maximum Gasteiger partial charge on any atom is 0.262 e. The SMILES string of the molecule is CNC(=O)c1cnc(C=Cc2ccc(N3CCOCC3)cc2)s1. The van der Waals surface area contributed by atoms with Crippen LogP contribution in [-0.2, 0) is 4.74 Å². The van der Waals surface area contributed by atoms with E-state index in [1.807, 2.05) is 12.2 Å². The van der Waals surface area contributed by atoms with Crippen LogP contribution in [0.5, 0.6) is 0 Å². The van der Waals surface area contributed by atoms with Crippen LogP contribution in [0.4, 0.5) is 5.69 Å². The lowest BCUT2D eigenvalue weighted by molar-refractivity contribution is 0.0967. The number of hydrogen-bond acceptors (Lipinski definition) is 5. The molecule has 23 heavy (non-hydrogen) atoms. The van der Waals surface area contributed by atoms with Crippen LogP contribution in [0.15, 0.2) is 30.5 Å². The van der Waals surface area contributed by atoms with Crippen LogP contribution < -0.4 is 10.2 Å². The molecule has 120 valence electrons. The molecular weight excluding hydrogens is 310 g/mol. The summed E-state index contributed by atoms with van der Waals surface area (Å²) in [6, 6.07) is 8.44. The van der Waals surface area contributed by atoms with Crippen molar-refractivity contribution in [3.8, 4) is 0 Å². The van der Waals surface area contributed by atoms with Crippen molar-refractivity contribution >= 4 is 35.1 Å². The fraction of sp³-hybridized carbons (Fsp3) is 0.294. The van der Waals surface area contributed by atoms with Crippen molar-refractivity contribution in [2.75, 3.05) is 38.3 Å². The standard InChI is InChI=1S/C17H19N3O2S/c1-18-17(21)15-12-19-16(23-15)7-4-13-2-5-14(6-3-13)20-8-10-22-11-9-20/h2-7,12H,8-11H2,1H3,(H,18,21). The molecule has 1 aromatic heterocycles. The molecule has 1 aliphatic rings. The van der Waals surface area contributed by atoms with E-state index in [1.165, 1.54) is 17.0 Å². The second-order valence-corrected chi connectivity index (χ2v) is 6.23. The van der Waals surface area contributed by atoms with Crippen LogP contribution in [-0.4, -0.2) is 44.2 Å². The van der Waals surface area contributed by atoms with Crippen molar-refractivity contribution in [3.63, 3.8) is 0 Å². The lowest BCUT2D eigenvalue weighted by Gasteiger charge is -2.28. The Balaban J connectivity index is 1.65. The van der Waals surface area contributed by atoms with E-state index in [9.17, 15) is 4.79 Å². The van der Waals surface area contributed by atoms with Gasteiger partial charge in [0.1, 0.15) is 9.88 Å². The summed E-state index contributed by atoms with van der Waals surface area (Å²) in [4.78, 5) is 18.7. The van der Waals surface area contributed by atoms with Gasteiger partial charge in [0.2, 0.25) is 0 Å². The lowest BCUT2D eigenvalue weighted by Crippen LogP contribution is -2.36. The average molecular weight is 329 g/mol. The molecule has 3 rings (SSSR count). The summed E-state index contributed by atoms with van der Waals surface area (Å²) in [5.74, 6) is -0.1000. The van der Waals surface area contributed by atoms with Gasteiger partial charge in [-0.1, -0.05) is 18.2 Å².